The summed E-state index contributed by atoms with van der Waals surface area (Å²) >= 11 is 1.28. The maximum absolute atomic E-state index is 12.7. The molecule has 1 amide bonds. The Morgan fingerprint density at radius 3 is 2.48 bits per heavy atom. The number of hydrogen-bond acceptors (Lipinski definition) is 5. The smallest absolute Gasteiger partial charge is 0.335 e. The van der Waals surface area contributed by atoms with Crippen LogP contribution in [0.15, 0.2) is 82.7 Å². The first-order chi connectivity index (χ1) is 15.9. The fourth-order valence-corrected chi connectivity index (χ4v) is 4.21. The average Bonchev–Trinajstić information content (AvgIpc) is 3.07. The summed E-state index contributed by atoms with van der Waals surface area (Å²) in [5.74, 6) is -0.373. The van der Waals surface area contributed by atoms with E-state index in [1.807, 2.05) is 42.5 Å². The summed E-state index contributed by atoms with van der Waals surface area (Å²) in [5.41, 5.74) is 3.96. The number of aryl methyl sites for hydroxylation is 1. The normalized spacial score (nSPS) is 15.9. The van der Waals surface area contributed by atoms with Crippen molar-refractivity contribution in [2.45, 2.75) is 13.5 Å². The Bertz CT molecular complexity index is 1250. The van der Waals surface area contributed by atoms with Gasteiger partial charge < -0.3 is 9.84 Å². The summed E-state index contributed by atoms with van der Waals surface area (Å²) in [7, 11) is 1.67. The van der Waals surface area contributed by atoms with Crippen LogP contribution >= 0.6 is 11.8 Å². The molecule has 3 aromatic carbocycles. The van der Waals surface area contributed by atoms with Crippen molar-refractivity contribution in [1.82, 2.24) is 4.90 Å². The van der Waals surface area contributed by atoms with Crippen LogP contribution in [0.2, 0.25) is 0 Å². The highest BCUT2D eigenvalue weighted by atomic mass is 32.2. The lowest BCUT2D eigenvalue weighted by atomic mass is 10.1. The number of nitrogens with zero attached hydrogens (tertiary/aromatic N) is 2. The zero-order valence-electron chi connectivity index (χ0n) is 18.2. The van der Waals surface area contributed by atoms with Gasteiger partial charge in [-0.25, -0.2) is 9.79 Å². The van der Waals surface area contributed by atoms with Crippen molar-refractivity contribution >= 4 is 40.6 Å². The topological polar surface area (TPSA) is 79.2 Å². The summed E-state index contributed by atoms with van der Waals surface area (Å²) < 4.78 is 5.86. The molecular formula is C26H22N2O4S. The molecule has 166 valence electrons. The molecule has 4 rings (SSSR count). The Balaban J connectivity index is 1.44. The molecule has 0 aromatic heterocycles. The van der Waals surface area contributed by atoms with E-state index >= 15 is 0 Å². The summed E-state index contributed by atoms with van der Waals surface area (Å²) in [6.45, 7) is 2.55. The Kier molecular flexibility index (Phi) is 6.60. The molecule has 0 spiro atoms. The molecular weight excluding hydrogens is 436 g/mol. The van der Waals surface area contributed by atoms with E-state index in [4.69, 9.17) is 9.84 Å². The Morgan fingerprint density at radius 1 is 1.09 bits per heavy atom. The predicted octanol–water partition coefficient (Wildman–Crippen LogP) is 5.51. The van der Waals surface area contributed by atoms with Crippen LogP contribution in [0, 0.1) is 6.92 Å². The van der Waals surface area contributed by atoms with Crippen molar-refractivity contribution < 1.29 is 19.4 Å². The van der Waals surface area contributed by atoms with Crippen LogP contribution in [0.3, 0.4) is 0 Å². The highest BCUT2D eigenvalue weighted by Gasteiger charge is 2.30. The van der Waals surface area contributed by atoms with Gasteiger partial charge in [0.1, 0.15) is 12.4 Å². The SMILES string of the molecule is Cc1cccc(COc2ccc(C=C3SC(=Nc4ccc(C(=O)O)cc4)N(C)C3=O)cc2)c1. The number of carboxylic acids is 1. The zero-order chi connectivity index (χ0) is 23.4. The molecule has 1 aliphatic rings. The maximum atomic E-state index is 12.7. The minimum absolute atomic E-state index is 0.138. The number of thioether (sulfide) groups is 1. The first-order valence-corrected chi connectivity index (χ1v) is 11.1. The third kappa shape index (κ3) is 5.51. The standard InChI is InChI=1S/C26H22N2O4S/c1-17-4-3-5-19(14-17)16-32-22-12-6-18(7-13-22)15-23-24(29)28(2)26(33-23)27-21-10-8-20(9-11-21)25(30)31/h3-15H,16H2,1-2H3,(H,30,31). The van der Waals surface area contributed by atoms with Gasteiger partial charge in [-0.3, -0.25) is 9.69 Å². The lowest BCUT2D eigenvalue weighted by Crippen LogP contribution is -2.23. The second-order valence-electron chi connectivity index (χ2n) is 7.57. The Hall–Kier alpha value is -3.84. The quantitative estimate of drug-likeness (QED) is 0.493. The number of amidine groups is 1. The molecule has 1 heterocycles. The summed E-state index contributed by atoms with van der Waals surface area (Å²) in [4.78, 5) is 30.2. The molecule has 1 aliphatic heterocycles. The van der Waals surface area contributed by atoms with Crippen molar-refractivity contribution in [3.05, 3.63) is 100.0 Å². The molecule has 0 saturated carbocycles. The zero-order valence-corrected chi connectivity index (χ0v) is 19.0. The molecule has 7 heteroatoms. The number of ether oxygens (including phenoxy) is 1. The molecule has 33 heavy (non-hydrogen) atoms. The fourth-order valence-electron chi connectivity index (χ4n) is 3.22. The van der Waals surface area contributed by atoms with Gasteiger partial charge in [0.25, 0.3) is 5.91 Å². The predicted molar refractivity (Wildman–Crippen MR) is 131 cm³/mol. The van der Waals surface area contributed by atoms with E-state index in [1.165, 1.54) is 34.4 Å². The largest absolute Gasteiger partial charge is 0.489 e. The third-order valence-corrected chi connectivity index (χ3v) is 6.07. The van der Waals surface area contributed by atoms with E-state index in [1.54, 1.807) is 19.2 Å². The third-order valence-electron chi connectivity index (χ3n) is 5.01. The number of carbonyl (C=O) groups excluding carboxylic acids is 1. The highest BCUT2D eigenvalue weighted by molar-refractivity contribution is 8.18. The highest BCUT2D eigenvalue weighted by Crippen LogP contribution is 2.33. The Labute approximate surface area is 196 Å². The lowest BCUT2D eigenvalue weighted by Gasteiger charge is -2.07. The van der Waals surface area contributed by atoms with E-state index in [0.717, 1.165) is 16.9 Å². The van der Waals surface area contributed by atoms with Gasteiger partial charge in [-0.05, 0) is 72.3 Å². The molecule has 1 N–H and O–H groups in total. The number of aromatic carboxylic acids is 1. The van der Waals surface area contributed by atoms with Gasteiger partial charge in [0.2, 0.25) is 0 Å². The van der Waals surface area contributed by atoms with Crippen molar-refractivity contribution in [3.63, 3.8) is 0 Å². The number of aliphatic imine (C=N–C) groups is 1. The second-order valence-corrected chi connectivity index (χ2v) is 8.58. The van der Waals surface area contributed by atoms with Crippen molar-refractivity contribution in [2.75, 3.05) is 7.05 Å². The molecule has 6 nitrogen and oxygen atoms in total. The van der Waals surface area contributed by atoms with Gasteiger partial charge in [-0.15, -0.1) is 0 Å². The summed E-state index contributed by atoms with van der Waals surface area (Å²) in [5, 5.41) is 9.55. The summed E-state index contributed by atoms with van der Waals surface area (Å²) in [6, 6.07) is 22.0. The molecule has 0 bridgehead atoms. The van der Waals surface area contributed by atoms with Crippen molar-refractivity contribution in [2.24, 2.45) is 4.99 Å². The molecule has 0 aliphatic carbocycles. The maximum Gasteiger partial charge on any atom is 0.335 e. The molecule has 3 aromatic rings. The van der Waals surface area contributed by atoms with Crippen LogP contribution < -0.4 is 4.74 Å². The first-order valence-electron chi connectivity index (χ1n) is 10.3. The van der Waals surface area contributed by atoms with Gasteiger partial charge >= 0.3 is 5.97 Å². The van der Waals surface area contributed by atoms with E-state index in [2.05, 4.69) is 24.0 Å². The van der Waals surface area contributed by atoms with E-state index < -0.39 is 5.97 Å². The number of likely N-dealkylation sites (N-methyl/N-ethyl adjacent to an activating group) is 1. The number of amides is 1. The van der Waals surface area contributed by atoms with Gasteiger partial charge in [-0.1, -0.05) is 42.0 Å². The monoisotopic (exact) mass is 458 g/mol. The van der Waals surface area contributed by atoms with Gasteiger partial charge in [0.15, 0.2) is 5.17 Å². The van der Waals surface area contributed by atoms with Gasteiger partial charge in [0, 0.05) is 7.05 Å². The molecule has 0 unspecified atom stereocenters. The van der Waals surface area contributed by atoms with Gasteiger partial charge in [-0.2, -0.15) is 0 Å². The van der Waals surface area contributed by atoms with Crippen LogP contribution in [0.1, 0.15) is 27.0 Å². The van der Waals surface area contributed by atoms with Gasteiger partial charge in [0.05, 0.1) is 16.2 Å². The Morgan fingerprint density at radius 2 is 1.82 bits per heavy atom. The van der Waals surface area contributed by atoms with E-state index in [0.29, 0.717) is 22.4 Å². The number of carbonyl (C=O) groups is 2. The van der Waals surface area contributed by atoms with Crippen molar-refractivity contribution in [3.8, 4) is 5.75 Å². The average molecular weight is 459 g/mol. The number of benzene rings is 3. The second kappa shape index (κ2) is 9.75. The summed E-state index contributed by atoms with van der Waals surface area (Å²) in [6.07, 6.45) is 1.82. The van der Waals surface area contributed by atoms with Crippen molar-refractivity contribution in [1.29, 1.82) is 0 Å². The van der Waals surface area contributed by atoms with Crippen LogP contribution in [-0.4, -0.2) is 34.1 Å². The number of rotatable bonds is 6. The minimum Gasteiger partial charge on any atom is -0.489 e. The lowest BCUT2D eigenvalue weighted by molar-refractivity contribution is -0.121. The van der Waals surface area contributed by atoms with E-state index in [9.17, 15) is 9.59 Å². The first kappa shape index (κ1) is 22.4. The van der Waals surface area contributed by atoms with Crippen LogP contribution in [0.5, 0.6) is 5.75 Å². The number of carboxylic acid groups (broad SMARTS) is 1. The number of hydrogen-bond donors (Lipinski definition) is 1. The van der Waals surface area contributed by atoms with Crippen LogP contribution in [0.25, 0.3) is 6.08 Å². The molecule has 1 saturated heterocycles. The van der Waals surface area contributed by atoms with Crippen LogP contribution in [0.4, 0.5) is 5.69 Å². The molecule has 0 radical (unpaired) electrons. The van der Waals surface area contributed by atoms with E-state index in [-0.39, 0.29) is 11.5 Å². The van der Waals surface area contributed by atoms with Crippen LogP contribution in [-0.2, 0) is 11.4 Å². The molecule has 0 atom stereocenters. The molecule has 1 fully saturated rings. The minimum atomic E-state index is -0.992. The fraction of sp³-hybridized carbons (Fsp3) is 0.115.